The quantitative estimate of drug-likeness (QED) is 0.893. The Morgan fingerprint density at radius 2 is 2.13 bits per heavy atom. The fourth-order valence-corrected chi connectivity index (χ4v) is 1.16. The van der Waals surface area contributed by atoms with Crippen molar-refractivity contribution in [3.8, 4) is 5.75 Å². The highest BCUT2D eigenvalue weighted by Gasteiger charge is 2.06. The first-order valence-electron chi connectivity index (χ1n) is 4.01. The van der Waals surface area contributed by atoms with Crippen molar-refractivity contribution in [2.45, 2.75) is 6.43 Å². The number of halogens is 4. The Balaban J connectivity index is 0.00000196. The number of benzene rings is 1. The summed E-state index contributed by atoms with van der Waals surface area (Å²) < 4.78 is 28.4. The summed E-state index contributed by atoms with van der Waals surface area (Å²) in [5.74, 6) is 0.269. The van der Waals surface area contributed by atoms with E-state index in [4.69, 9.17) is 16.3 Å². The van der Waals surface area contributed by atoms with Gasteiger partial charge in [-0.05, 0) is 18.2 Å². The number of anilines is 1. The zero-order valence-corrected chi connectivity index (χ0v) is 9.54. The van der Waals surface area contributed by atoms with E-state index in [9.17, 15) is 8.78 Å². The van der Waals surface area contributed by atoms with Crippen LogP contribution in [0.4, 0.5) is 14.5 Å². The van der Waals surface area contributed by atoms with Crippen LogP contribution in [0, 0.1) is 0 Å². The fraction of sp³-hybridized carbons (Fsp3) is 0.333. The van der Waals surface area contributed by atoms with Gasteiger partial charge in [0, 0.05) is 12.7 Å². The summed E-state index contributed by atoms with van der Waals surface area (Å²) in [5, 5.41) is 3.19. The van der Waals surface area contributed by atoms with Crippen LogP contribution in [-0.4, -0.2) is 20.1 Å². The van der Waals surface area contributed by atoms with E-state index in [1.54, 1.807) is 25.2 Å². The van der Waals surface area contributed by atoms with Crippen LogP contribution in [0.5, 0.6) is 5.75 Å². The highest BCUT2D eigenvalue weighted by Crippen LogP contribution is 2.27. The van der Waals surface area contributed by atoms with Crippen LogP contribution in [0.2, 0.25) is 5.02 Å². The van der Waals surface area contributed by atoms with Crippen molar-refractivity contribution in [3.63, 3.8) is 0 Å². The lowest BCUT2D eigenvalue weighted by Crippen LogP contribution is -2.07. The molecule has 0 bridgehead atoms. The van der Waals surface area contributed by atoms with E-state index < -0.39 is 13.0 Å². The number of nitrogens with one attached hydrogen (secondary N) is 1. The highest BCUT2D eigenvalue weighted by atomic mass is 35.5. The van der Waals surface area contributed by atoms with E-state index >= 15 is 0 Å². The number of ether oxygens (including phenoxy) is 1. The standard InChI is InChI=1S/C9H10ClF2NO.ClH/c1-13-6-2-3-8(7(10)4-6)14-5-9(11)12;/h2-4,9,13H,5H2,1H3;1H. The van der Waals surface area contributed by atoms with Gasteiger partial charge in [-0.3, -0.25) is 0 Å². The van der Waals surface area contributed by atoms with E-state index in [0.717, 1.165) is 5.69 Å². The van der Waals surface area contributed by atoms with Crippen LogP contribution in [0.15, 0.2) is 18.2 Å². The third-order valence-corrected chi connectivity index (χ3v) is 1.88. The minimum Gasteiger partial charge on any atom is -0.486 e. The molecule has 0 saturated heterocycles. The maximum Gasteiger partial charge on any atom is 0.272 e. The van der Waals surface area contributed by atoms with Gasteiger partial charge in [0.15, 0.2) is 0 Å². The smallest absolute Gasteiger partial charge is 0.272 e. The second kappa shape index (κ2) is 6.69. The molecule has 1 N–H and O–H groups in total. The summed E-state index contributed by atoms with van der Waals surface area (Å²) in [4.78, 5) is 0. The van der Waals surface area contributed by atoms with E-state index in [-0.39, 0.29) is 18.2 Å². The van der Waals surface area contributed by atoms with Crippen molar-refractivity contribution in [2.24, 2.45) is 0 Å². The number of rotatable bonds is 4. The Kier molecular flexibility index (Phi) is 6.36. The van der Waals surface area contributed by atoms with Crippen LogP contribution in [-0.2, 0) is 0 Å². The van der Waals surface area contributed by atoms with Crippen LogP contribution in [0.25, 0.3) is 0 Å². The summed E-state index contributed by atoms with van der Waals surface area (Å²) in [7, 11) is 1.74. The average molecular weight is 258 g/mol. The van der Waals surface area contributed by atoms with Gasteiger partial charge < -0.3 is 10.1 Å². The SMILES string of the molecule is CNc1ccc(OCC(F)F)c(Cl)c1.Cl. The number of hydrogen-bond donors (Lipinski definition) is 1. The molecule has 1 aromatic rings. The van der Waals surface area contributed by atoms with Gasteiger partial charge in [-0.1, -0.05) is 11.6 Å². The van der Waals surface area contributed by atoms with Crippen LogP contribution < -0.4 is 10.1 Å². The maximum atomic E-state index is 11.8. The third kappa shape index (κ3) is 4.53. The molecule has 86 valence electrons. The predicted molar refractivity (Wildman–Crippen MR) is 59.7 cm³/mol. The highest BCUT2D eigenvalue weighted by molar-refractivity contribution is 6.32. The van der Waals surface area contributed by atoms with E-state index in [1.807, 2.05) is 0 Å². The zero-order valence-electron chi connectivity index (χ0n) is 7.97. The van der Waals surface area contributed by atoms with Gasteiger partial charge in [0.2, 0.25) is 0 Å². The van der Waals surface area contributed by atoms with Gasteiger partial charge in [-0.15, -0.1) is 12.4 Å². The molecule has 0 aromatic heterocycles. The topological polar surface area (TPSA) is 21.3 Å². The molecule has 0 aliphatic carbocycles. The molecule has 2 nitrogen and oxygen atoms in total. The van der Waals surface area contributed by atoms with Gasteiger partial charge in [-0.2, -0.15) is 0 Å². The Morgan fingerprint density at radius 1 is 1.47 bits per heavy atom. The number of hydrogen-bond acceptors (Lipinski definition) is 2. The lowest BCUT2D eigenvalue weighted by atomic mass is 10.3. The second-order valence-corrected chi connectivity index (χ2v) is 3.00. The molecule has 1 aromatic carbocycles. The molecular weight excluding hydrogens is 247 g/mol. The van der Waals surface area contributed by atoms with Gasteiger partial charge in [-0.25, -0.2) is 8.78 Å². The molecule has 6 heteroatoms. The van der Waals surface area contributed by atoms with Crippen molar-refractivity contribution in [1.29, 1.82) is 0 Å². The molecule has 0 radical (unpaired) electrons. The van der Waals surface area contributed by atoms with Crippen molar-refractivity contribution >= 4 is 29.7 Å². The molecule has 0 saturated carbocycles. The molecule has 0 aliphatic heterocycles. The van der Waals surface area contributed by atoms with E-state index in [2.05, 4.69) is 5.32 Å². The third-order valence-electron chi connectivity index (χ3n) is 1.59. The summed E-state index contributed by atoms with van der Waals surface area (Å²) in [6.45, 7) is -0.640. The zero-order chi connectivity index (χ0) is 10.6. The predicted octanol–water partition coefficient (Wildman–Crippen LogP) is 3.45. The summed E-state index contributed by atoms with van der Waals surface area (Å²) in [6.07, 6.45) is -2.49. The normalized spacial score (nSPS) is 9.67. The van der Waals surface area contributed by atoms with Crippen LogP contribution in [0.1, 0.15) is 0 Å². The van der Waals surface area contributed by atoms with Crippen LogP contribution >= 0.6 is 24.0 Å². The van der Waals surface area contributed by atoms with Gasteiger partial charge in [0.05, 0.1) is 5.02 Å². The molecule has 0 aliphatic rings. The van der Waals surface area contributed by atoms with Gasteiger partial charge in [0.1, 0.15) is 12.4 Å². The van der Waals surface area contributed by atoms with Crippen molar-refractivity contribution in [1.82, 2.24) is 0 Å². The summed E-state index contributed by atoms with van der Waals surface area (Å²) in [6, 6.07) is 4.87. The molecule has 15 heavy (non-hydrogen) atoms. The van der Waals surface area contributed by atoms with Crippen molar-refractivity contribution in [2.75, 3.05) is 19.0 Å². The second-order valence-electron chi connectivity index (χ2n) is 2.60. The molecule has 0 heterocycles. The molecule has 1 rings (SSSR count). The van der Waals surface area contributed by atoms with Crippen LogP contribution in [0.3, 0.4) is 0 Å². The molecular formula is C9H11Cl2F2NO. The molecule has 0 atom stereocenters. The minimum atomic E-state index is -2.49. The fourth-order valence-electron chi connectivity index (χ4n) is 0.926. The molecule has 0 unspecified atom stereocenters. The maximum absolute atomic E-state index is 11.8. The van der Waals surface area contributed by atoms with Crippen molar-refractivity contribution in [3.05, 3.63) is 23.2 Å². The lowest BCUT2D eigenvalue weighted by Gasteiger charge is -2.08. The van der Waals surface area contributed by atoms with Crippen molar-refractivity contribution < 1.29 is 13.5 Å². The lowest BCUT2D eigenvalue weighted by molar-refractivity contribution is 0.0820. The van der Waals surface area contributed by atoms with Gasteiger partial charge in [0.25, 0.3) is 6.43 Å². The minimum absolute atomic E-state index is 0. The Morgan fingerprint density at radius 3 is 2.60 bits per heavy atom. The Labute approximate surface area is 98.0 Å². The molecule has 0 amide bonds. The number of alkyl halides is 2. The molecule has 0 spiro atoms. The molecule has 0 fully saturated rings. The average Bonchev–Trinajstić information content (AvgIpc) is 2.15. The van der Waals surface area contributed by atoms with E-state index in [0.29, 0.717) is 5.02 Å². The Bertz CT molecular complexity index is 310. The largest absolute Gasteiger partial charge is 0.486 e. The summed E-state index contributed by atoms with van der Waals surface area (Å²) in [5.41, 5.74) is 0.805. The first-order chi connectivity index (χ1) is 6.63. The monoisotopic (exact) mass is 257 g/mol. The first kappa shape index (κ1) is 14.3. The van der Waals surface area contributed by atoms with Gasteiger partial charge >= 0.3 is 0 Å². The Hall–Kier alpha value is -0.740. The summed E-state index contributed by atoms with van der Waals surface area (Å²) >= 11 is 5.78. The van der Waals surface area contributed by atoms with E-state index in [1.165, 1.54) is 0 Å². The first-order valence-corrected chi connectivity index (χ1v) is 4.39.